The fraction of sp³-hybridized carbons (Fsp3) is 0.0625. The maximum Gasteiger partial charge on any atom is 0.212 e. The van der Waals surface area contributed by atoms with E-state index in [1.807, 2.05) is 60.7 Å². The number of benzene rings is 7. The summed E-state index contributed by atoms with van der Waals surface area (Å²) in [5.74, 6) is -68.7. The maximum atomic E-state index is 15.4. The summed E-state index contributed by atoms with van der Waals surface area (Å²) in [4.78, 5) is 12.5. The van der Waals surface area contributed by atoms with Crippen molar-refractivity contribution in [3.8, 4) is 11.2 Å². The molecule has 7 aromatic carbocycles. The zero-order valence-electron chi connectivity index (χ0n) is 35.4. The minimum Gasteiger partial charge on any atom is -0.289 e. The lowest BCUT2D eigenvalue weighted by Crippen LogP contribution is -2.81. The molecular formula is C48H21BF20O2S. The Morgan fingerprint density at radius 3 is 0.958 bits per heavy atom. The third-order valence-electron chi connectivity index (χ3n) is 10.8. The molecule has 0 saturated heterocycles. The third-order valence-corrected chi connectivity index (χ3v) is 12.2. The minimum absolute atomic E-state index is 0.0646. The lowest BCUT2D eigenvalue weighted by atomic mass is 9.12. The fourth-order valence-electron chi connectivity index (χ4n) is 7.57. The number of rotatable bonds is 9. The number of carbonyl (C=O) groups is 1. The van der Waals surface area contributed by atoms with Gasteiger partial charge in [0.2, 0.25) is 5.78 Å². The summed E-state index contributed by atoms with van der Waals surface area (Å²) in [6.07, 6.45) is -4.85. The molecule has 0 aliphatic rings. The molecule has 0 aromatic heterocycles. The Hall–Kier alpha value is -7.42. The van der Waals surface area contributed by atoms with E-state index in [0.717, 1.165) is 17.5 Å². The summed E-state index contributed by atoms with van der Waals surface area (Å²) in [6.45, 7) is 0. The average Bonchev–Trinajstić information content (AvgIpc) is 3.36. The van der Waals surface area contributed by atoms with Crippen molar-refractivity contribution in [3.05, 3.63) is 224 Å². The van der Waals surface area contributed by atoms with Crippen LogP contribution in [0.3, 0.4) is 0 Å². The molecule has 2 nitrogen and oxygen atoms in total. The van der Waals surface area contributed by atoms with Gasteiger partial charge < -0.3 is 0 Å². The molecule has 0 heterocycles. The molecule has 0 N–H and O–H groups in total. The summed E-state index contributed by atoms with van der Waals surface area (Å²) >= 11 is 0. The van der Waals surface area contributed by atoms with Crippen LogP contribution in [0.2, 0.25) is 0 Å². The van der Waals surface area contributed by atoms with Crippen LogP contribution in [0.25, 0.3) is 0 Å². The van der Waals surface area contributed by atoms with E-state index in [2.05, 4.69) is 23.3 Å². The topological polar surface area (TPSA) is 34.1 Å². The molecule has 1 unspecified atom stereocenters. The Morgan fingerprint density at radius 1 is 0.389 bits per heavy atom. The monoisotopic (exact) mass is 1050 g/mol. The molecule has 1 atom stereocenters. The zero-order chi connectivity index (χ0) is 53.5. The van der Waals surface area contributed by atoms with Crippen molar-refractivity contribution in [2.45, 2.75) is 6.42 Å². The fourth-order valence-corrected chi connectivity index (χ4v) is 8.65. The number of Topliss-reactive ketones (excluding diaryl/α,β-unsaturated/α-hetero) is 1. The van der Waals surface area contributed by atoms with Crippen molar-refractivity contribution >= 4 is 43.7 Å². The van der Waals surface area contributed by atoms with Crippen molar-refractivity contribution in [1.82, 2.24) is 0 Å². The second-order valence-corrected chi connectivity index (χ2v) is 17.8. The van der Waals surface area contributed by atoms with Gasteiger partial charge in [-0.2, -0.15) is 0 Å². The second-order valence-electron chi connectivity index (χ2n) is 15.3. The molecule has 0 spiro atoms. The van der Waals surface area contributed by atoms with E-state index < -0.39 is 154 Å². The first-order valence-corrected chi connectivity index (χ1v) is 21.8. The molecule has 7 rings (SSSR count). The smallest absolute Gasteiger partial charge is 0.212 e. The molecule has 72 heavy (non-hydrogen) atoms. The van der Waals surface area contributed by atoms with Crippen LogP contribution < -0.4 is 21.9 Å². The Kier molecular flexibility index (Phi) is 15.5. The molecule has 0 fully saturated rings. The van der Waals surface area contributed by atoms with Gasteiger partial charge in [0, 0.05) is 11.1 Å². The standard InChI is InChI=1S/C24BF20.C24H21O2S/c26-5-1(6(27)14(35)21(42)13(5)34)25(2-7(28)15(36)22(43)16(37)8(2)29,3-9(30)17(38)23(44)18(39)10(3)31)4-11(32)19(40)24(45)20(41)12(4)33;1-27(26,17-16-20-8-4-2-5-9-20)19-24(25)23-14-12-22(13-15-23)18-21-10-6-3-7-11-21/h;2-15H,18-19H2,1H3/q-1;+1. The van der Waals surface area contributed by atoms with E-state index in [1.165, 1.54) is 5.56 Å². The first kappa shape index (κ1) is 53.9. The highest BCUT2D eigenvalue weighted by Gasteiger charge is 2.52. The first-order valence-electron chi connectivity index (χ1n) is 19.7. The molecule has 0 saturated carbocycles. The highest BCUT2D eigenvalue weighted by atomic mass is 32.2. The van der Waals surface area contributed by atoms with Gasteiger partial charge in [0.05, 0.1) is 0 Å². The summed E-state index contributed by atoms with van der Waals surface area (Å²) in [6, 6.07) is 27.1. The van der Waals surface area contributed by atoms with Gasteiger partial charge in [-0.3, -0.25) is 4.79 Å². The van der Waals surface area contributed by atoms with E-state index in [9.17, 15) is 61.7 Å². The van der Waals surface area contributed by atoms with Gasteiger partial charge in [-0.1, -0.05) is 77.0 Å². The predicted molar refractivity (Wildman–Crippen MR) is 221 cm³/mol. The van der Waals surface area contributed by atoms with Crippen LogP contribution in [0, 0.1) is 128 Å². The van der Waals surface area contributed by atoms with Gasteiger partial charge in [0.15, 0.2) is 90.7 Å². The number of carbonyl (C=O) groups excluding carboxylic acids is 1. The van der Waals surface area contributed by atoms with E-state index >= 15 is 35.1 Å². The minimum atomic E-state index is -7.22. The van der Waals surface area contributed by atoms with Crippen LogP contribution in [-0.4, -0.2) is 23.9 Å². The van der Waals surface area contributed by atoms with Gasteiger partial charge in [-0.15, -0.1) is 21.9 Å². The largest absolute Gasteiger partial charge is 0.289 e. The number of hydrogen-bond donors (Lipinski definition) is 0. The summed E-state index contributed by atoms with van der Waals surface area (Å²) in [5, 5.41) is 2.78. The summed E-state index contributed by atoms with van der Waals surface area (Å²) < 4.78 is 307. The van der Waals surface area contributed by atoms with Crippen molar-refractivity contribution < 1.29 is 96.8 Å². The van der Waals surface area contributed by atoms with Crippen LogP contribution in [0.4, 0.5) is 87.8 Å². The van der Waals surface area contributed by atoms with Crippen molar-refractivity contribution in [2.75, 3.05) is 12.0 Å². The highest BCUT2D eigenvalue weighted by Crippen LogP contribution is 2.31. The van der Waals surface area contributed by atoms with E-state index in [-0.39, 0.29) is 11.5 Å². The van der Waals surface area contributed by atoms with Crippen LogP contribution in [0.15, 0.2) is 84.9 Å². The number of ketones is 1. The van der Waals surface area contributed by atoms with Gasteiger partial charge in [-0.05, 0) is 35.6 Å². The van der Waals surface area contributed by atoms with Gasteiger partial charge >= 0.3 is 0 Å². The molecular weight excluding hydrogens is 1030 g/mol. The Balaban J connectivity index is 0.000000266. The van der Waals surface area contributed by atoms with Gasteiger partial charge in [0.1, 0.15) is 58.9 Å². The number of halogens is 20. The molecule has 0 bridgehead atoms. The molecule has 374 valence electrons. The molecule has 0 radical (unpaired) electrons. The van der Waals surface area contributed by atoms with Crippen LogP contribution >= 0.6 is 0 Å². The van der Waals surface area contributed by atoms with E-state index in [0.29, 0.717) is 5.56 Å². The molecule has 7 aromatic rings. The highest BCUT2D eigenvalue weighted by molar-refractivity contribution is 8.07. The first-order chi connectivity index (χ1) is 33.7. The van der Waals surface area contributed by atoms with Crippen molar-refractivity contribution in [1.29, 1.82) is 0 Å². The molecule has 0 amide bonds. The van der Waals surface area contributed by atoms with Crippen LogP contribution in [0.5, 0.6) is 0 Å². The maximum absolute atomic E-state index is 15.4. The Labute approximate surface area is 392 Å². The quantitative estimate of drug-likeness (QED) is 0.0275. The second kappa shape index (κ2) is 20.7. The van der Waals surface area contributed by atoms with Crippen LogP contribution in [-0.2, 0) is 20.6 Å². The SMILES string of the molecule is C[S+](=O)(C#Cc1ccccc1)CC(=O)c1ccc(Cc2ccccc2)cc1.Fc1c(F)c(F)c([B-](c2c(F)c(F)c(F)c(F)c2F)(c2c(F)c(F)c(F)c(F)c2F)c2c(F)c(F)c(F)c(F)c2F)c(F)c1F. The Morgan fingerprint density at radius 2 is 0.653 bits per heavy atom. The van der Waals surface area contributed by atoms with Gasteiger partial charge in [-0.25, -0.2) is 87.8 Å². The lowest BCUT2D eigenvalue weighted by Gasteiger charge is -2.44. The predicted octanol–water partition coefficient (Wildman–Crippen LogP) is 10.4. The zero-order valence-corrected chi connectivity index (χ0v) is 36.2. The Bertz CT molecular complexity index is 3040. The van der Waals surface area contributed by atoms with Gasteiger partial charge in [0.25, 0.3) is 0 Å². The molecule has 0 aliphatic heterocycles. The van der Waals surface area contributed by atoms with Crippen molar-refractivity contribution in [2.24, 2.45) is 0 Å². The van der Waals surface area contributed by atoms with Crippen LogP contribution in [0.1, 0.15) is 27.0 Å². The number of hydrogen-bond acceptors (Lipinski definition) is 2. The average molecular weight is 1050 g/mol. The van der Waals surface area contributed by atoms with E-state index in [1.54, 1.807) is 18.4 Å². The lowest BCUT2D eigenvalue weighted by molar-refractivity contribution is 0.102. The molecule has 0 aliphatic carbocycles. The van der Waals surface area contributed by atoms with E-state index in [4.69, 9.17) is 0 Å². The third kappa shape index (κ3) is 9.56. The summed E-state index contributed by atoms with van der Waals surface area (Å²) in [7, 11) is -2.55. The van der Waals surface area contributed by atoms with Crippen molar-refractivity contribution in [3.63, 3.8) is 0 Å². The normalized spacial score (nSPS) is 12.2. The molecule has 24 heteroatoms. The summed E-state index contributed by atoms with van der Waals surface area (Å²) in [5.41, 5.74) is -10.6.